The van der Waals surface area contributed by atoms with E-state index in [1.807, 2.05) is 12.1 Å². The van der Waals surface area contributed by atoms with Crippen molar-refractivity contribution in [3.05, 3.63) is 59.9 Å². The predicted octanol–water partition coefficient (Wildman–Crippen LogP) is 8.52. The molecule has 0 radical (unpaired) electrons. The zero-order valence-corrected chi connectivity index (χ0v) is 16.9. The van der Waals surface area contributed by atoms with Gasteiger partial charge in [0.05, 0.1) is 0 Å². The van der Waals surface area contributed by atoms with E-state index in [1.54, 1.807) is 6.07 Å². The van der Waals surface area contributed by atoms with Crippen molar-refractivity contribution in [1.29, 1.82) is 0 Å². The van der Waals surface area contributed by atoms with Crippen molar-refractivity contribution in [1.82, 2.24) is 0 Å². The predicted molar refractivity (Wildman–Crippen MR) is 115 cm³/mol. The van der Waals surface area contributed by atoms with Crippen molar-refractivity contribution in [2.24, 2.45) is 5.92 Å². The van der Waals surface area contributed by atoms with Gasteiger partial charge in [0.25, 0.3) is 0 Å². The molecular formula is C26H35F. The summed E-state index contributed by atoms with van der Waals surface area (Å²) in [4.78, 5) is 0. The van der Waals surface area contributed by atoms with Gasteiger partial charge in [-0.2, -0.15) is 0 Å². The van der Waals surface area contributed by atoms with Crippen LogP contribution in [0.4, 0.5) is 4.39 Å². The Kier molecular flexibility index (Phi) is 7.93. The van der Waals surface area contributed by atoms with Gasteiger partial charge in [-0.05, 0) is 54.7 Å². The van der Waals surface area contributed by atoms with Crippen LogP contribution in [0.1, 0.15) is 89.0 Å². The lowest BCUT2D eigenvalue weighted by Gasteiger charge is -2.29. The Morgan fingerprint density at radius 2 is 1.44 bits per heavy atom. The summed E-state index contributed by atoms with van der Waals surface area (Å²) in [6.45, 7) is 2.28. The van der Waals surface area contributed by atoms with E-state index in [1.165, 1.54) is 82.3 Å². The molecule has 0 aliphatic heterocycles. The van der Waals surface area contributed by atoms with Gasteiger partial charge in [-0.15, -0.1) is 0 Å². The molecule has 0 nitrogen and oxygen atoms in total. The van der Waals surface area contributed by atoms with E-state index in [0.29, 0.717) is 11.5 Å². The molecule has 0 aromatic heterocycles. The summed E-state index contributed by atoms with van der Waals surface area (Å²) in [6, 6.07) is 15.7. The van der Waals surface area contributed by atoms with Crippen LogP contribution in [0.25, 0.3) is 11.1 Å². The topological polar surface area (TPSA) is 0 Å². The van der Waals surface area contributed by atoms with E-state index >= 15 is 0 Å². The lowest BCUT2D eigenvalue weighted by atomic mass is 9.77. The number of benzene rings is 2. The van der Waals surface area contributed by atoms with E-state index in [2.05, 4.69) is 31.2 Å². The standard InChI is InChI=1S/C26H35F/c1-2-3-4-5-6-7-10-21-13-15-22(16-14-21)23-17-19-24(20-18-23)25-11-8-9-12-26(25)27/h8-9,11-12,17-22H,2-7,10,13-16H2,1H3. The summed E-state index contributed by atoms with van der Waals surface area (Å²) < 4.78 is 14.0. The van der Waals surface area contributed by atoms with E-state index in [0.717, 1.165) is 11.5 Å². The average molecular weight is 367 g/mol. The molecule has 0 N–H and O–H groups in total. The Balaban J connectivity index is 1.44. The Morgan fingerprint density at radius 1 is 0.778 bits per heavy atom. The summed E-state index contributed by atoms with van der Waals surface area (Å²) in [5.41, 5.74) is 3.12. The minimum atomic E-state index is -0.138. The second-order valence-electron chi connectivity index (χ2n) is 8.38. The van der Waals surface area contributed by atoms with Gasteiger partial charge >= 0.3 is 0 Å². The molecule has 0 atom stereocenters. The SMILES string of the molecule is CCCCCCCCC1CCC(c2ccc(-c3ccccc3F)cc2)CC1. The third-order valence-corrected chi connectivity index (χ3v) is 6.38. The Bertz CT molecular complexity index is 665. The van der Waals surface area contributed by atoms with E-state index < -0.39 is 0 Å². The van der Waals surface area contributed by atoms with Gasteiger partial charge in [0.15, 0.2) is 0 Å². The molecule has 0 bridgehead atoms. The second kappa shape index (κ2) is 10.6. The first-order valence-electron chi connectivity index (χ1n) is 11.1. The van der Waals surface area contributed by atoms with Gasteiger partial charge in [0.2, 0.25) is 0 Å². The first-order chi connectivity index (χ1) is 13.3. The number of halogens is 1. The highest BCUT2D eigenvalue weighted by Gasteiger charge is 2.22. The first-order valence-corrected chi connectivity index (χ1v) is 11.1. The summed E-state index contributed by atoms with van der Waals surface area (Å²) in [5, 5.41) is 0. The Morgan fingerprint density at radius 3 is 2.15 bits per heavy atom. The molecule has 146 valence electrons. The fraction of sp³-hybridized carbons (Fsp3) is 0.538. The van der Waals surface area contributed by atoms with Gasteiger partial charge in [0, 0.05) is 5.56 Å². The fourth-order valence-corrected chi connectivity index (χ4v) is 4.63. The average Bonchev–Trinajstić information content (AvgIpc) is 2.72. The molecular weight excluding hydrogens is 331 g/mol. The number of rotatable bonds is 9. The molecule has 0 heterocycles. The molecule has 0 amide bonds. The first kappa shape index (κ1) is 20.1. The summed E-state index contributed by atoms with van der Waals surface area (Å²) in [7, 11) is 0. The van der Waals surface area contributed by atoms with Crippen LogP contribution < -0.4 is 0 Å². The molecule has 0 unspecified atom stereocenters. The molecule has 1 aliphatic rings. The maximum Gasteiger partial charge on any atom is 0.131 e. The number of hydrogen-bond donors (Lipinski definition) is 0. The van der Waals surface area contributed by atoms with Crippen molar-refractivity contribution in [2.75, 3.05) is 0 Å². The minimum Gasteiger partial charge on any atom is -0.206 e. The highest BCUT2D eigenvalue weighted by Crippen LogP contribution is 2.38. The third kappa shape index (κ3) is 5.92. The lowest BCUT2D eigenvalue weighted by molar-refractivity contribution is 0.302. The minimum absolute atomic E-state index is 0.138. The summed E-state index contributed by atoms with van der Waals surface area (Å²) in [6.07, 6.45) is 15.3. The Hall–Kier alpha value is -1.63. The highest BCUT2D eigenvalue weighted by atomic mass is 19.1. The van der Waals surface area contributed by atoms with Crippen LogP contribution in [0.3, 0.4) is 0 Å². The third-order valence-electron chi connectivity index (χ3n) is 6.38. The van der Waals surface area contributed by atoms with E-state index in [-0.39, 0.29) is 5.82 Å². The quantitative estimate of drug-likeness (QED) is 0.390. The molecule has 1 aliphatic carbocycles. The van der Waals surface area contributed by atoms with Crippen LogP contribution >= 0.6 is 0 Å². The van der Waals surface area contributed by atoms with Crippen molar-refractivity contribution in [2.45, 2.75) is 83.5 Å². The van der Waals surface area contributed by atoms with Crippen molar-refractivity contribution in [3.8, 4) is 11.1 Å². The lowest BCUT2D eigenvalue weighted by Crippen LogP contribution is -2.13. The van der Waals surface area contributed by atoms with Crippen LogP contribution in [0, 0.1) is 11.7 Å². The molecule has 1 saturated carbocycles. The van der Waals surface area contributed by atoms with Crippen molar-refractivity contribution < 1.29 is 4.39 Å². The molecule has 2 aromatic carbocycles. The zero-order chi connectivity index (χ0) is 18.9. The molecule has 1 heteroatoms. The van der Waals surface area contributed by atoms with Crippen LogP contribution in [0.2, 0.25) is 0 Å². The number of hydrogen-bond acceptors (Lipinski definition) is 0. The van der Waals surface area contributed by atoms with Gasteiger partial charge in [0.1, 0.15) is 5.82 Å². The second-order valence-corrected chi connectivity index (χ2v) is 8.38. The van der Waals surface area contributed by atoms with Gasteiger partial charge in [-0.25, -0.2) is 4.39 Å². The zero-order valence-electron chi connectivity index (χ0n) is 16.9. The van der Waals surface area contributed by atoms with Crippen LogP contribution in [-0.2, 0) is 0 Å². The molecule has 1 fully saturated rings. The molecule has 0 spiro atoms. The Labute approximate surface area is 165 Å². The van der Waals surface area contributed by atoms with Crippen LogP contribution in [0.15, 0.2) is 48.5 Å². The summed E-state index contributed by atoms with van der Waals surface area (Å²) in [5.74, 6) is 1.51. The smallest absolute Gasteiger partial charge is 0.131 e. The number of unbranched alkanes of at least 4 members (excludes halogenated alkanes) is 5. The van der Waals surface area contributed by atoms with E-state index in [4.69, 9.17) is 0 Å². The monoisotopic (exact) mass is 366 g/mol. The summed E-state index contributed by atoms with van der Waals surface area (Å²) >= 11 is 0. The molecule has 0 saturated heterocycles. The van der Waals surface area contributed by atoms with E-state index in [9.17, 15) is 4.39 Å². The molecule has 2 aromatic rings. The normalized spacial score (nSPS) is 19.9. The molecule has 3 rings (SSSR count). The maximum absolute atomic E-state index is 14.0. The van der Waals surface area contributed by atoms with Crippen LogP contribution in [-0.4, -0.2) is 0 Å². The van der Waals surface area contributed by atoms with Gasteiger partial charge in [-0.1, -0.05) is 94.3 Å². The maximum atomic E-state index is 14.0. The highest BCUT2D eigenvalue weighted by molar-refractivity contribution is 5.64. The van der Waals surface area contributed by atoms with Crippen molar-refractivity contribution in [3.63, 3.8) is 0 Å². The van der Waals surface area contributed by atoms with Crippen molar-refractivity contribution >= 4 is 0 Å². The van der Waals surface area contributed by atoms with Gasteiger partial charge in [-0.3, -0.25) is 0 Å². The van der Waals surface area contributed by atoms with Gasteiger partial charge < -0.3 is 0 Å². The molecule has 27 heavy (non-hydrogen) atoms. The fourth-order valence-electron chi connectivity index (χ4n) is 4.63. The largest absolute Gasteiger partial charge is 0.206 e. The van der Waals surface area contributed by atoms with Crippen LogP contribution in [0.5, 0.6) is 0 Å².